The Bertz CT molecular complexity index is 1210. The van der Waals surface area contributed by atoms with E-state index >= 15 is 0 Å². The number of Topliss-reactive ketones (excluding diaryl/α,β-unsaturated/α-hetero) is 1. The molecule has 0 fully saturated rings. The molecule has 1 aliphatic rings. The quantitative estimate of drug-likeness (QED) is 0.441. The highest BCUT2D eigenvalue weighted by atomic mass is 16.5. The van der Waals surface area contributed by atoms with Crippen LogP contribution in [0.2, 0.25) is 0 Å². The normalized spacial score (nSPS) is 15.6. The summed E-state index contributed by atoms with van der Waals surface area (Å²) >= 11 is 0. The fraction of sp³-hybridized carbons (Fsp3) is 0.160. The van der Waals surface area contributed by atoms with Gasteiger partial charge >= 0.3 is 5.97 Å². The zero-order valence-electron chi connectivity index (χ0n) is 17.8. The number of hydrogen-bond acceptors (Lipinski definition) is 7. The number of aliphatic hydroxyl groups excluding tert-OH is 1. The number of amides is 1. The van der Waals surface area contributed by atoms with E-state index in [4.69, 9.17) is 4.74 Å². The Morgan fingerprint density at radius 2 is 1.73 bits per heavy atom. The molecule has 33 heavy (non-hydrogen) atoms. The smallest absolute Gasteiger partial charge is 0.337 e. The molecule has 1 unspecified atom stereocenters. The summed E-state index contributed by atoms with van der Waals surface area (Å²) < 4.78 is 4.74. The topological polar surface area (TPSA) is 110 Å². The molecule has 166 valence electrons. The molecule has 4 rings (SSSR count). The molecule has 3 heterocycles. The van der Waals surface area contributed by atoms with Gasteiger partial charge in [0.15, 0.2) is 11.5 Å². The molecular weight excluding hydrogens is 422 g/mol. The van der Waals surface area contributed by atoms with Gasteiger partial charge in [0.2, 0.25) is 0 Å². The molecule has 0 aliphatic carbocycles. The van der Waals surface area contributed by atoms with Crippen LogP contribution in [0.15, 0.2) is 84.5 Å². The Kier molecular flexibility index (Phi) is 6.26. The van der Waals surface area contributed by atoms with Crippen LogP contribution in [0.4, 0.5) is 0 Å². The van der Waals surface area contributed by atoms with E-state index in [1.807, 2.05) is 12.1 Å². The lowest BCUT2D eigenvalue weighted by Crippen LogP contribution is -2.33. The van der Waals surface area contributed by atoms with Gasteiger partial charge in [-0.15, -0.1) is 0 Å². The van der Waals surface area contributed by atoms with Crippen LogP contribution in [-0.2, 0) is 16.0 Å². The van der Waals surface area contributed by atoms with Crippen molar-refractivity contribution < 1.29 is 24.2 Å². The van der Waals surface area contributed by atoms with Crippen molar-refractivity contribution in [2.45, 2.75) is 12.5 Å². The molecule has 1 aliphatic heterocycles. The summed E-state index contributed by atoms with van der Waals surface area (Å²) in [6.07, 6.45) is 5.05. The molecule has 0 bridgehead atoms. The first-order valence-electron chi connectivity index (χ1n) is 10.3. The molecule has 0 spiro atoms. The number of rotatable bonds is 7. The van der Waals surface area contributed by atoms with Crippen LogP contribution < -0.4 is 0 Å². The highest BCUT2D eigenvalue weighted by Gasteiger charge is 2.43. The number of carbonyl (C=O) groups excluding carboxylic acids is 3. The summed E-state index contributed by atoms with van der Waals surface area (Å²) in [7, 11) is 1.29. The minimum atomic E-state index is -0.825. The highest BCUT2D eigenvalue weighted by Crippen LogP contribution is 2.39. The molecule has 1 N–H and O–H groups in total. The van der Waals surface area contributed by atoms with E-state index in [2.05, 4.69) is 9.97 Å². The van der Waals surface area contributed by atoms with E-state index in [9.17, 15) is 19.5 Å². The van der Waals surface area contributed by atoms with Gasteiger partial charge in [-0.2, -0.15) is 0 Å². The first-order valence-corrected chi connectivity index (χ1v) is 10.3. The lowest BCUT2D eigenvalue weighted by atomic mass is 9.92. The maximum atomic E-state index is 13.3. The third-order valence-electron chi connectivity index (χ3n) is 5.47. The van der Waals surface area contributed by atoms with Crippen molar-refractivity contribution in [3.63, 3.8) is 0 Å². The maximum Gasteiger partial charge on any atom is 0.337 e. The third kappa shape index (κ3) is 4.36. The van der Waals surface area contributed by atoms with Crippen molar-refractivity contribution in [3.8, 4) is 0 Å². The molecule has 0 radical (unpaired) electrons. The second-order valence-electron chi connectivity index (χ2n) is 7.41. The summed E-state index contributed by atoms with van der Waals surface area (Å²) in [6, 6.07) is 14.2. The van der Waals surface area contributed by atoms with Crippen molar-refractivity contribution in [2.75, 3.05) is 13.7 Å². The molecule has 8 nitrogen and oxygen atoms in total. The second-order valence-corrected chi connectivity index (χ2v) is 7.41. The Labute approximate surface area is 190 Å². The van der Waals surface area contributed by atoms with Gasteiger partial charge < -0.3 is 14.7 Å². The van der Waals surface area contributed by atoms with E-state index in [1.54, 1.807) is 36.5 Å². The Morgan fingerprint density at radius 1 is 1.00 bits per heavy atom. The van der Waals surface area contributed by atoms with Crippen LogP contribution in [-0.4, -0.2) is 51.3 Å². The number of methoxy groups -OCH3 is 1. The van der Waals surface area contributed by atoms with E-state index in [0.29, 0.717) is 23.1 Å². The number of nitrogens with zero attached hydrogens (tertiary/aromatic N) is 3. The van der Waals surface area contributed by atoms with Crippen LogP contribution >= 0.6 is 0 Å². The van der Waals surface area contributed by atoms with Crippen LogP contribution in [0.3, 0.4) is 0 Å². The third-order valence-corrected chi connectivity index (χ3v) is 5.47. The molecule has 8 heteroatoms. The molecule has 1 atom stereocenters. The summed E-state index contributed by atoms with van der Waals surface area (Å²) in [6.45, 7) is 0.233. The minimum absolute atomic E-state index is 0.0157. The maximum absolute atomic E-state index is 13.3. The molecular formula is C25H21N3O5. The Morgan fingerprint density at radius 3 is 2.36 bits per heavy atom. The number of carbonyl (C=O) groups is 3. The number of ketones is 1. The standard InChI is InChI=1S/C25H21N3O5/c1-33-25(32)18-7-5-16(6-8-18)21-20(22(29)17-9-13-26-14-10-17)23(30)24(31)28(21)15-11-19-4-2-3-12-27-19/h2-10,12-14,21,30H,11,15H2,1H3. The number of aliphatic hydroxyl groups is 1. The van der Waals surface area contributed by atoms with Crippen molar-refractivity contribution in [1.29, 1.82) is 0 Å². The highest BCUT2D eigenvalue weighted by molar-refractivity contribution is 6.16. The van der Waals surface area contributed by atoms with E-state index in [1.165, 1.54) is 36.5 Å². The van der Waals surface area contributed by atoms with Gasteiger partial charge in [0.25, 0.3) is 5.91 Å². The fourth-order valence-corrected chi connectivity index (χ4v) is 3.82. The number of esters is 1. The van der Waals surface area contributed by atoms with Gasteiger partial charge in [0.1, 0.15) is 0 Å². The first-order chi connectivity index (χ1) is 16.0. The van der Waals surface area contributed by atoms with Crippen LogP contribution in [0.5, 0.6) is 0 Å². The molecule has 3 aromatic rings. The van der Waals surface area contributed by atoms with E-state index in [-0.39, 0.29) is 12.1 Å². The SMILES string of the molecule is COC(=O)c1ccc(C2C(C(=O)c3ccncc3)=C(O)C(=O)N2CCc2ccccn2)cc1. The number of ether oxygens (including phenoxy) is 1. The van der Waals surface area contributed by atoms with Crippen LogP contribution in [0.25, 0.3) is 0 Å². The average molecular weight is 443 g/mol. The summed E-state index contributed by atoms with van der Waals surface area (Å²) in [5.41, 5.74) is 1.98. The number of benzene rings is 1. The zero-order valence-corrected chi connectivity index (χ0v) is 17.8. The Balaban J connectivity index is 1.72. The van der Waals surface area contributed by atoms with Gasteiger partial charge in [0.05, 0.1) is 24.3 Å². The first kappa shape index (κ1) is 21.9. The average Bonchev–Trinajstić information content (AvgIpc) is 3.12. The molecule has 0 saturated carbocycles. The van der Waals surface area contributed by atoms with Gasteiger partial charge in [-0.1, -0.05) is 18.2 Å². The van der Waals surface area contributed by atoms with Gasteiger partial charge in [-0.3, -0.25) is 19.6 Å². The number of aromatic nitrogens is 2. The second kappa shape index (κ2) is 9.44. The molecule has 2 aromatic heterocycles. The lowest BCUT2D eigenvalue weighted by Gasteiger charge is -2.27. The largest absolute Gasteiger partial charge is 0.503 e. The van der Waals surface area contributed by atoms with Crippen molar-refractivity contribution >= 4 is 17.7 Å². The van der Waals surface area contributed by atoms with Crippen molar-refractivity contribution in [3.05, 3.63) is 107 Å². The predicted octanol–water partition coefficient (Wildman–Crippen LogP) is 3.08. The number of hydrogen-bond donors (Lipinski definition) is 1. The number of pyridine rings is 2. The van der Waals surface area contributed by atoms with Crippen molar-refractivity contribution in [1.82, 2.24) is 14.9 Å². The van der Waals surface area contributed by atoms with Crippen LogP contribution in [0.1, 0.15) is 38.0 Å². The lowest BCUT2D eigenvalue weighted by molar-refractivity contribution is -0.129. The summed E-state index contributed by atoms with van der Waals surface area (Å²) in [5, 5.41) is 10.7. The summed E-state index contributed by atoms with van der Waals surface area (Å²) in [4.78, 5) is 47.8. The van der Waals surface area contributed by atoms with Crippen LogP contribution in [0, 0.1) is 0 Å². The molecule has 1 amide bonds. The summed E-state index contributed by atoms with van der Waals surface area (Å²) in [5.74, 6) is -2.18. The molecule has 1 aromatic carbocycles. The monoisotopic (exact) mass is 443 g/mol. The van der Waals surface area contributed by atoms with Gasteiger partial charge in [-0.05, 0) is 42.0 Å². The van der Waals surface area contributed by atoms with Gasteiger partial charge in [0, 0.05) is 42.8 Å². The van der Waals surface area contributed by atoms with E-state index in [0.717, 1.165) is 5.69 Å². The zero-order chi connectivity index (χ0) is 23.4. The van der Waals surface area contributed by atoms with E-state index < -0.39 is 29.5 Å². The van der Waals surface area contributed by atoms with Gasteiger partial charge in [-0.25, -0.2) is 4.79 Å². The molecule has 0 saturated heterocycles. The Hall–Kier alpha value is -4.33. The van der Waals surface area contributed by atoms with Crippen molar-refractivity contribution in [2.24, 2.45) is 0 Å². The predicted molar refractivity (Wildman–Crippen MR) is 118 cm³/mol. The fourth-order valence-electron chi connectivity index (χ4n) is 3.82. The minimum Gasteiger partial charge on any atom is -0.503 e.